The summed E-state index contributed by atoms with van der Waals surface area (Å²) < 4.78 is 5.19. The van der Waals surface area contributed by atoms with Gasteiger partial charge < -0.3 is 15.0 Å². The van der Waals surface area contributed by atoms with Gasteiger partial charge >= 0.3 is 0 Å². The monoisotopic (exact) mass is 434 g/mol. The second-order valence-corrected chi connectivity index (χ2v) is 8.10. The van der Waals surface area contributed by atoms with Crippen molar-refractivity contribution in [3.05, 3.63) is 59.1 Å². The number of carbonyl (C=O) groups is 2. The van der Waals surface area contributed by atoms with Gasteiger partial charge in [0.15, 0.2) is 0 Å². The van der Waals surface area contributed by atoms with E-state index in [4.69, 9.17) is 16.3 Å². The number of thioether (sulfide) groups is 1. The molecule has 0 aliphatic heterocycles. The summed E-state index contributed by atoms with van der Waals surface area (Å²) in [6.45, 7) is 4.52. The van der Waals surface area contributed by atoms with E-state index in [1.165, 1.54) is 0 Å². The number of hydrogen-bond donors (Lipinski definition) is 1. The average molecular weight is 435 g/mol. The van der Waals surface area contributed by atoms with Crippen molar-refractivity contribution >= 4 is 35.2 Å². The van der Waals surface area contributed by atoms with Crippen molar-refractivity contribution in [1.29, 1.82) is 0 Å². The molecule has 1 atom stereocenters. The zero-order valence-corrected chi connectivity index (χ0v) is 18.6. The Morgan fingerprint density at radius 3 is 2.38 bits per heavy atom. The molecule has 0 aliphatic carbocycles. The van der Waals surface area contributed by atoms with Crippen molar-refractivity contribution < 1.29 is 14.3 Å². The van der Waals surface area contributed by atoms with Crippen molar-refractivity contribution in [2.75, 3.05) is 19.4 Å². The van der Waals surface area contributed by atoms with Gasteiger partial charge in [0.1, 0.15) is 11.8 Å². The van der Waals surface area contributed by atoms with E-state index in [9.17, 15) is 9.59 Å². The molecule has 2 aromatic rings. The van der Waals surface area contributed by atoms with Gasteiger partial charge in [-0.2, -0.15) is 0 Å². The number of nitrogens with zero attached hydrogens (tertiary/aromatic N) is 1. The molecule has 1 unspecified atom stereocenters. The Bertz CT molecular complexity index is 797. The number of rotatable bonds is 10. The third-order valence-electron chi connectivity index (χ3n) is 4.43. The Kier molecular flexibility index (Phi) is 9.35. The van der Waals surface area contributed by atoms with Gasteiger partial charge in [0, 0.05) is 35.2 Å². The largest absolute Gasteiger partial charge is 0.497 e. The molecule has 2 aromatic carbocycles. The summed E-state index contributed by atoms with van der Waals surface area (Å²) in [6, 6.07) is 14.5. The number of carbonyl (C=O) groups excluding carboxylic acids is 2. The van der Waals surface area contributed by atoms with Gasteiger partial charge in [0.2, 0.25) is 11.8 Å². The van der Waals surface area contributed by atoms with Crippen molar-refractivity contribution in [3.63, 3.8) is 0 Å². The standard InChI is InChI=1S/C22H27ClN2O3S/c1-4-24-22(27)16(2)25(15-17-5-9-19(28-3)10-6-17)21(26)13-14-29-20-11-7-18(23)8-12-20/h5-12,16H,4,13-15H2,1-3H3,(H,24,27). The van der Waals surface area contributed by atoms with E-state index in [1.807, 2.05) is 55.5 Å². The third kappa shape index (κ3) is 7.29. The molecule has 0 fully saturated rings. The zero-order chi connectivity index (χ0) is 21.2. The fourth-order valence-electron chi connectivity index (χ4n) is 2.76. The normalized spacial score (nSPS) is 11.6. The quantitative estimate of drug-likeness (QED) is 0.563. The highest BCUT2D eigenvalue weighted by atomic mass is 35.5. The molecule has 2 rings (SSSR count). The lowest BCUT2D eigenvalue weighted by molar-refractivity contribution is -0.140. The van der Waals surface area contributed by atoms with E-state index >= 15 is 0 Å². The van der Waals surface area contributed by atoms with E-state index in [1.54, 1.807) is 30.7 Å². The van der Waals surface area contributed by atoms with Gasteiger partial charge in [-0.25, -0.2) is 0 Å². The zero-order valence-electron chi connectivity index (χ0n) is 17.0. The Morgan fingerprint density at radius 1 is 1.14 bits per heavy atom. The number of hydrogen-bond acceptors (Lipinski definition) is 4. The lowest BCUT2D eigenvalue weighted by atomic mass is 10.1. The van der Waals surface area contributed by atoms with E-state index in [-0.39, 0.29) is 11.8 Å². The predicted octanol–water partition coefficient (Wildman–Crippen LogP) is 4.38. The molecule has 156 valence electrons. The van der Waals surface area contributed by atoms with E-state index in [0.29, 0.717) is 30.3 Å². The molecule has 7 heteroatoms. The lowest BCUT2D eigenvalue weighted by Crippen LogP contribution is -2.47. The molecule has 0 spiro atoms. The number of likely N-dealkylation sites (N-methyl/N-ethyl adjacent to an activating group) is 1. The molecular weight excluding hydrogens is 408 g/mol. The predicted molar refractivity (Wildman–Crippen MR) is 118 cm³/mol. The van der Waals surface area contributed by atoms with Crippen LogP contribution in [0.3, 0.4) is 0 Å². The Hall–Kier alpha value is -2.18. The molecule has 0 heterocycles. The van der Waals surface area contributed by atoms with Gasteiger partial charge in [0.25, 0.3) is 0 Å². The summed E-state index contributed by atoms with van der Waals surface area (Å²) in [4.78, 5) is 28.0. The maximum atomic E-state index is 13.0. The summed E-state index contributed by atoms with van der Waals surface area (Å²) in [7, 11) is 1.61. The Balaban J connectivity index is 2.04. The van der Waals surface area contributed by atoms with Crippen LogP contribution in [0.2, 0.25) is 5.02 Å². The molecule has 1 N–H and O–H groups in total. The van der Waals surface area contributed by atoms with Crippen LogP contribution in [0.5, 0.6) is 5.75 Å². The van der Waals surface area contributed by atoms with Crippen LogP contribution in [-0.2, 0) is 16.1 Å². The summed E-state index contributed by atoms with van der Waals surface area (Å²) in [5, 5.41) is 3.49. The first kappa shape index (κ1) is 23.1. The van der Waals surface area contributed by atoms with Crippen LogP contribution in [0, 0.1) is 0 Å². The average Bonchev–Trinajstić information content (AvgIpc) is 2.73. The summed E-state index contributed by atoms with van der Waals surface area (Å²) in [5.74, 6) is 1.17. The van der Waals surface area contributed by atoms with Crippen molar-refractivity contribution in [2.24, 2.45) is 0 Å². The van der Waals surface area contributed by atoms with Crippen LogP contribution in [0.15, 0.2) is 53.4 Å². The summed E-state index contributed by atoms with van der Waals surface area (Å²) >= 11 is 7.50. The molecule has 0 saturated carbocycles. The number of nitrogens with one attached hydrogen (secondary N) is 1. The number of benzene rings is 2. The van der Waals surface area contributed by atoms with Gasteiger partial charge in [-0.05, 0) is 55.8 Å². The molecule has 29 heavy (non-hydrogen) atoms. The third-order valence-corrected chi connectivity index (χ3v) is 5.69. The van der Waals surface area contributed by atoms with Crippen LogP contribution in [0.25, 0.3) is 0 Å². The summed E-state index contributed by atoms with van der Waals surface area (Å²) in [5.41, 5.74) is 0.945. The minimum atomic E-state index is -0.551. The smallest absolute Gasteiger partial charge is 0.242 e. The van der Waals surface area contributed by atoms with Gasteiger partial charge in [-0.15, -0.1) is 11.8 Å². The molecule has 0 aliphatic rings. The highest BCUT2D eigenvalue weighted by molar-refractivity contribution is 7.99. The highest BCUT2D eigenvalue weighted by Crippen LogP contribution is 2.22. The fourth-order valence-corrected chi connectivity index (χ4v) is 3.73. The molecule has 0 aromatic heterocycles. The first-order valence-corrected chi connectivity index (χ1v) is 10.9. The van der Waals surface area contributed by atoms with Crippen LogP contribution in [0.4, 0.5) is 0 Å². The van der Waals surface area contributed by atoms with Crippen molar-refractivity contribution in [2.45, 2.75) is 37.8 Å². The minimum absolute atomic E-state index is 0.0546. The number of amides is 2. The number of ether oxygens (including phenoxy) is 1. The van der Waals surface area contributed by atoms with Gasteiger partial charge in [-0.3, -0.25) is 9.59 Å². The Morgan fingerprint density at radius 2 is 1.79 bits per heavy atom. The SMILES string of the molecule is CCNC(=O)C(C)N(Cc1ccc(OC)cc1)C(=O)CCSc1ccc(Cl)cc1. The van der Waals surface area contributed by atoms with Crippen LogP contribution >= 0.6 is 23.4 Å². The van der Waals surface area contributed by atoms with E-state index in [0.717, 1.165) is 16.2 Å². The van der Waals surface area contributed by atoms with Crippen LogP contribution in [0.1, 0.15) is 25.8 Å². The molecule has 2 amide bonds. The first-order chi connectivity index (χ1) is 13.9. The minimum Gasteiger partial charge on any atom is -0.497 e. The van der Waals surface area contributed by atoms with Crippen molar-refractivity contribution in [3.8, 4) is 5.75 Å². The van der Waals surface area contributed by atoms with E-state index < -0.39 is 6.04 Å². The number of halogens is 1. The second-order valence-electron chi connectivity index (χ2n) is 6.49. The molecule has 0 bridgehead atoms. The van der Waals surface area contributed by atoms with Crippen molar-refractivity contribution in [1.82, 2.24) is 10.2 Å². The van der Waals surface area contributed by atoms with Gasteiger partial charge in [-0.1, -0.05) is 23.7 Å². The Labute approximate surface area is 181 Å². The summed E-state index contributed by atoms with van der Waals surface area (Å²) in [6.07, 6.45) is 0.340. The maximum Gasteiger partial charge on any atom is 0.242 e. The lowest BCUT2D eigenvalue weighted by Gasteiger charge is -2.28. The molecular formula is C22H27ClN2O3S. The first-order valence-electron chi connectivity index (χ1n) is 9.53. The molecule has 0 radical (unpaired) electrons. The second kappa shape index (κ2) is 11.7. The number of methoxy groups -OCH3 is 1. The molecule has 5 nitrogen and oxygen atoms in total. The fraction of sp³-hybridized carbons (Fsp3) is 0.364. The maximum absolute atomic E-state index is 13.0. The molecule has 0 saturated heterocycles. The van der Waals surface area contributed by atoms with Crippen LogP contribution < -0.4 is 10.1 Å². The highest BCUT2D eigenvalue weighted by Gasteiger charge is 2.25. The topological polar surface area (TPSA) is 58.6 Å². The van der Waals surface area contributed by atoms with E-state index in [2.05, 4.69) is 5.32 Å². The van der Waals surface area contributed by atoms with Gasteiger partial charge in [0.05, 0.1) is 7.11 Å². The van der Waals surface area contributed by atoms with Crippen LogP contribution in [-0.4, -0.2) is 42.2 Å².